The molecule has 0 aromatic carbocycles. The summed E-state index contributed by atoms with van der Waals surface area (Å²) in [5, 5.41) is 10.1. The lowest BCUT2D eigenvalue weighted by molar-refractivity contribution is -0.139. The third-order valence-corrected chi connectivity index (χ3v) is 5.58. The lowest BCUT2D eigenvalue weighted by Gasteiger charge is -2.30. The van der Waals surface area contributed by atoms with E-state index in [0.717, 1.165) is 42.5 Å². The first kappa shape index (κ1) is 18.5. The molecule has 0 radical (unpaired) electrons. The van der Waals surface area contributed by atoms with Gasteiger partial charge < -0.3 is 5.32 Å². The van der Waals surface area contributed by atoms with Crippen LogP contribution in [0.5, 0.6) is 0 Å². The molecule has 1 aromatic rings. The Hall–Kier alpha value is -2.30. The van der Waals surface area contributed by atoms with Gasteiger partial charge in [0, 0.05) is 6.54 Å². The van der Waals surface area contributed by atoms with E-state index in [-0.39, 0.29) is 11.4 Å². The van der Waals surface area contributed by atoms with Gasteiger partial charge in [-0.3, -0.25) is 19.6 Å². The van der Waals surface area contributed by atoms with Crippen LogP contribution in [0.2, 0.25) is 0 Å². The molecule has 1 saturated carbocycles. The normalized spacial score (nSPS) is 19.0. The van der Waals surface area contributed by atoms with Crippen molar-refractivity contribution in [2.45, 2.75) is 62.7 Å². The summed E-state index contributed by atoms with van der Waals surface area (Å²) in [5.74, 6) is -0.981. The van der Waals surface area contributed by atoms with Crippen LogP contribution in [0, 0.1) is 0 Å². The second kappa shape index (κ2) is 7.52. The lowest BCUT2D eigenvalue weighted by Crippen LogP contribution is -2.51. The first-order chi connectivity index (χ1) is 12.5. The molecule has 1 aliphatic heterocycles. The standard InChI is InChI=1S/C15H22N6O4S/c1-2-8-20-13(25)17-18-14(20)26-9-10(22)19-21-11(23)15(16-12(21)24)6-4-3-5-7-15/h2-9H2,1H3,(H,16,24)(H,17,25)(H,19,22). The highest BCUT2D eigenvalue weighted by Gasteiger charge is 2.52. The zero-order valence-electron chi connectivity index (χ0n) is 14.5. The Morgan fingerprint density at radius 1 is 1.27 bits per heavy atom. The number of amides is 4. The molecule has 4 amide bonds. The summed E-state index contributed by atoms with van der Waals surface area (Å²) in [5.41, 5.74) is 1.16. The van der Waals surface area contributed by atoms with E-state index in [1.54, 1.807) is 0 Å². The van der Waals surface area contributed by atoms with Crippen molar-refractivity contribution in [2.24, 2.45) is 0 Å². The molecule has 2 aliphatic rings. The first-order valence-electron chi connectivity index (χ1n) is 8.71. The Balaban J connectivity index is 1.59. The smallest absolute Gasteiger partial charge is 0.322 e. The maximum Gasteiger partial charge on any atom is 0.344 e. The van der Waals surface area contributed by atoms with E-state index in [0.29, 0.717) is 24.5 Å². The first-order valence-corrected chi connectivity index (χ1v) is 9.69. The van der Waals surface area contributed by atoms with Gasteiger partial charge >= 0.3 is 11.7 Å². The molecule has 2 fully saturated rings. The van der Waals surface area contributed by atoms with Gasteiger partial charge in [-0.2, -0.15) is 5.01 Å². The third-order valence-electron chi connectivity index (χ3n) is 4.61. The molecule has 1 aromatic heterocycles. The largest absolute Gasteiger partial charge is 0.344 e. The number of urea groups is 1. The fraction of sp³-hybridized carbons (Fsp3) is 0.667. The van der Waals surface area contributed by atoms with Crippen molar-refractivity contribution >= 4 is 29.6 Å². The van der Waals surface area contributed by atoms with Crippen molar-refractivity contribution in [3.05, 3.63) is 10.5 Å². The van der Waals surface area contributed by atoms with Crippen LogP contribution in [0.4, 0.5) is 4.79 Å². The summed E-state index contributed by atoms with van der Waals surface area (Å²) in [4.78, 5) is 48.5. The van der Waals surface area contributed by atoms with Gasteiger partial charge in [-0.15, -0.1) is 5.10 Å². The second-order valence-electron chi connectivity index (χ2n) is 6.50. The van der Waals surface area contributed by atoms with Crippen LogP contribution in [0.25, 0.3) is 0 Å². The molecule has 10 nitrogen and oxygen atoms in total. The summed E-state index contributed by atoms with van der Waals surface area (Å²) < 4.78 is 1.45. The molecule has 1 aliphatic carbocycles. The number of nitrogens with one attached hydrogen (secondary N) is 3. The van der Waals surface area contributed by atoms with Crippen molar-refractivity contribution in [3.63, 3.8) is 0 Å². The molecule has 26 heavy (non-hydrogen) atoms. The molecule has 3 N–H and O–H groups in total. The number of thioether (sulfide) groups is 1. The van der Waals surface area contributed by atoms with Crippen LogP contribution < -0.4 is 16.4 Å². The van der Waals surface area contributed by atoms with Gasteiger partial charge in [-0.1, -0.05) is 37.9 Å². The van der Waals surface area contributed by atoms with Crippen LogP contribution in [0.1, 0.15) is 45.4 Å². The molecule has 0 unspecified atom stereocenters. The van der Waals surface area contributed by atoms with E-state index >= 15 is 0 Å². The van der Waals surface area contributed by atoms with Crippen LogP contribution in [-0.2, 0) is 16.1 Å². The van der Waals surface area contributed by atoms with Gasteiger partial charge in [0.1, 0.15) is 5.54 Å². The Morgan fingerprint density at radius 2 is 2.00 bits per heavy atom. The fourth-order valence-electron chi connectivity index (χ4n) is 3.34. The number of nitrogens with zero attached hydrogens (tertiary/aromatic N) is 3. The van der Waals surface area contributed by atoms with Gasteiger partial charge in [-0.05, 0) is 19.3 Å². The SMILES string of the molecule is CCCn1c(SCC(=O)NN2C(=O)NC3(CCCCC3)C2=O)n[nH]c1=O. The summed E-state index contributed by atoms with van der Waals surface area (Å²) in [6.45, 7) is 2.42. The average molecular weight is 382 g/mol. The van der Waals surface area contributed by atoms with Gasteiger partial charge in [0.15, 0.2) is 5.16 Å². The van der Waals surface area contributed by atoms with Crippen LogP contribution >= 0.6 is 11.8 Å². The van der Waals surface area contributed by atoms with Gasteiger partial charge in [0.2, 0.25) is 5.91 Å². The monoisotopic (exact) mass is 382 g/mol. The van der Waals surface area contributed by atoms with E-state index in [1.807, 2.05) is 6.92 Å². The molecule has 0 atom stereocenters. The average Bonchev–Trinajstić information content (AvgIpc) is 3.07. The minimum atomic E-state index is -0.875. The highest BCUT2D eigenvalue weighted by atomic mass is 32.2. The number of carbonyl (C=O) groups is 3. The molecular formula is C15H22N6O4S. The maximum absolute atomic E-state index is 12.6. The van der Waals surface area contributed by atoms with Crippen molar-refractivity contribution in [2.75, 3.05) is 5.75 Å². The number of aromatic amines is 1. The predicted octanol–water partition coefficient (Wildman–Crippen LogP) is 0.359. The summed E-state index contributed by atoms with van der Waals surface area (Å²) in [6.07, 6.45) is 4.72. The molecule has 2 heterocycles. The van der Waals surface area contributed by atoms with Crippen molar-refractivity contribution in [1.82, 2.24) is 30.5 Å². The van der Waals surface area contributed by atoms with Crippen molar-refractivity contribution in [1.29, 1.82) is 0 Å². The predicted molar refractivity (Wildman–Crippen MR) is 93.2 cm³/mol. The molecule has 11 heteroatoms. The fourth-order valence-corrected chi connectivity index (χ4v) is 4.10. The molecule has 1 spiro atoms. The van der Waals surface area contributed by atoms with E-state index in [4.69, 9.17) is 0 Å². The molecule has 0 bridgehead atoms. The second-order valence-corrected chi connectivity index (χ2v) is 7.44. The Bertz CT molecular complexity index is 766. The van der Waals surface area contributed by atoms with Gasteiger partial charge in [0.25, 0.3) is 5.91 Å². The number of imide groups is 1. The lowest BCUT2D eigenvalue weighted by atomic mass is 9.82. The quantitative estimate of drug-likeness (QED) is 0.481. The van der Waals surface area contributed by atoms with E-state index in [1.165, 1.54) is 4.57 Å². The molecular weight excluding hydrogens is 360 g/mol. The van der Waals surface area contributed by atoms with Gasteiger partial charge in [0.05, 0.1) is 5.75 Å². The van der Waals surface area contributed by atoms with E-state index < -0.39 is 23.4 Å². The highest BCUT2D eigenvalue weighted by Crippen LogP contribution is 2.33. The molecule has 3 rings (SSSR count). The topological polar surface area (TPSA) is 129 Å². The van der Waals surface area contributed by atoms with Crippen molar-refractivity contribution in [3.8, 4) is 0 Å². The third kappa shape index (κ3) is 3.48. The number of aromatic nitrogens is 3. The Labute approximate surface area is 154 Å². The zero-order valence-corrected chi connectivity index (χ0v) is 15.4. The van der Waals surface area contributed by atoms with Crippen molar-refractivity contribution < 1.29 is 14.4 Å². The number of hydrogen-bond donors (Lipinski definition) is 3. The number of rotatable bonds is 6. The maximum atomic E-state index is 12.6. The Kier molecular flexibility index (Phi) is 5.35. The molecule has 1 saturated heterocycles. The molecule has 142 valence electrons. The van der Waals surface area contributed by atoms with Gasteiger partial charge in [-0.25, -0.2) is 14.7 Å². The minimum absolute atomic E-state index is 0.0714. The number of hydrazine groups is 1. The highest BCUT2D eigenvalue weighted by molar-refractivity contribution is 7.99. The van der Waals surface area contributed by atoms with Crippen LogP contribution in [0.15, 0.2) is 9.95 Å². The van der Waals surface area contributed by atoms with E-state index in [2.05, 4.69) is 20.9 Å². The zero-order chi connectivity index (χ0) is 18.7. The van der Waals surface area contributed by atoms with E-state index in [9.17, 15) is 19.2 Å². The summed E-state index contributed by atoms with van der Waals surface area (Å²) in [7, 11) is 0. The van der Waals surface area contributed by atoms with Crippen LogP contribution in [0.3, 0.4) is 0 Å². The Morgan fingerprint density at radius 3 is 2.69 bits per heavy atom. The summed E-state index contributed by atoms with van der Waals surface area (Å²) in [6, 6.07) is -0.599. The van der Waals surface area contributed by atoms with Crippen LogP contribution in [-0.4, -0.2) is 48.9 Å². The minimum Gasteiger partial charge on any atom is -0.322 e. The number of hydrogen-bond acceptors (Lipinski definition) is 6. The number of H-pyrrole nitrogens is 1. The number of carbonyl (C=O) groups excluding carboxylic acids is 3. The summed E-state index contributed by atoms with van der Waals surface area (Å²) >= 11 is 1.07.